The molecule has 0 radical (unpaired) electrons. The number of alkyl carbamates (subject to hydrolysis) is 1. The van der Waals surface area contributed by atoms with E-state index in [1.54, 1.807) is 0 Å². The lowest BCUT2D eigenvalue weighted by Crippen LogP contribution is -2.31. The zero-order valence-corrected chi connectivity index (χ0v) is 7.26. The van der Waals surface area contributed by atoms with Crippen LogP contribution in [0.5, 0.6) is 0 Å². The largest absolute Gasteiger partial charge is 0.444 e. The van der Waals surface area contributed by atoms with Crippen LogP contribution in [0.15, 0.2) is 0 Å². The summed E-state index contributed by atoms with van der Waals surface area (Å²) >= 11 is 0. The molecule has 0 aromatic carbocycles. The Labute approximate surface area is 67.1 Å². The van der Waals surface area contributed by atoms with Crippen LogP contribution in [0.4, 0.5) is 4.79 Å². The van der Waals surface area contributed by atoms with Gasteiger partial charge in [-0.3, -0.25) is 0 Å². The molecule has 0 aromatic rings. The zero-order valence-electron chi connectivity index (χ0n) is 7.26. The third-order valence-corrected chi connectivity index (χ3v) is 2.29. The van der Waals surface area contributed by atoms with E-state index >= 15 is 0 Å². The summed E-state index contributed by atoms with van der Waals surface area (Å²) in [6.07, 6.45) is 0.833. The van der Waals surface area contributed by atoms with Gasteiger partial charge in [-0.15, -0.1) is 0 Å². The molecule has 0 unspecified atom stereocenters. The average Bonchev–Trinajstić information content (AvgIpc) is 2.28. The second-order valence-electron chi connectivity index (χ2n) is 3.19. The predicted octanol–water partition coefficient (Wildman–Crippen LogP) is 1.53. The number of nitrogens with one attached hydrogen (secondary N) is 1. The van der Waals surface area contributed by atoms with E-state index in [0.29, 0.717) is 5.92 Å². The van der Waals surface area contributed by atoms with Crippen LogP contribution in [0.1, 0.15) is 27.2 Å². The Balaban J connectivity index is 2.52. The summed E-state index contributed by atoms with van der Waals surface area (Å²) in [7, 11) is 0. The highest BCUT2D eigenvalue weighted by Crippen LogP contribution is 2.19. The molecule has 3 nitrogen and oxygen atoms in total. The maximum absolute atomic E-state index is 10.8. The van der Waals surface area contributed by atoms with Crippen LogP contribution in [-0.4, -0.2) is 18.2 Å². The third kappa shape index (κ3) is 1.64. The Bertz CT molecular complexity index is 158. The van der Waals surface area contributed by atoms with Crippen molar-refractivity contribution in [1.29, 1.82) is 0 Å². The fraction of sp³-hybridized carbons (Fsp3) is 0.875. The third-order valence-electron chi connectivity index (χ3n) is 2.29. The summed E-state index contributed by atoms with van der Waals surface area (Å²) in [5.74, 6) is 0.448. The number of amides is 1. The number of hydrogen-bond donors (Lipinski definition) is 1. The number of carbonyl (C=O) groups excluding carboxylic acids is 1. The molecule has 1 amide bonds. The van der Waals surface area contributed by atoms with Crippen LogP contribution in [0, 0.1) is 5.92 Å². The SMILES string of the molecule is CC[C@H](C)[C@H]1OC(=O)N[C@@H]1C. The van der Waals surface area contributed by atoms with E-state index < -0.39 is 0 Å². The molecule has 0 aromatic heterocycles. The van der Waals surface area contributed by atoms with E-state index in [9.17, 15) is 4.79 Å². The van der Waals surface area contributed by atoms with Gasteiger partial charge in [-0.25, -0.2) is 4.79 Å². The number of hydrogen-bond acceptors (Lipinski definition) is 2. The van der Waals surface area contributed by atoms with Crippen molar-refractivity contribution >= 4 is 6.09 Å². The Morgan fingerprint density at radius 3 is 2.73 bits per heavy atom. The topological polar surface area (TPSA) is 38.3 Å². The van der Waals surface area contributed by atoms with Gasteiger partial charge in [0.15, 0.2) is 0 Å². The van der Waals surface area contributed by atoms with Gasteiger partial charge in [0.05, 0.1) is 6.04 Å². The highest BCUT2D eigenvalue weighted by molar-refractivity contribution is 5.70. The van der Waals surface area contributed by atoms with Crippen molar-refractivity contribution < 1.29 is 9.53 Å². The molecule has 1 aliphatic heterocycles. The second-order valence-corrected chi connectivity index (χ2v) is 3.19. The lowest BCUT2D eigenvalue weighted by atomic mass is 9.97. The van der Waals surface area contributed by atoms with Gasteiger partial charge < -0.3 is 10.1 Å². The Hall–Kier alpha value is -0.730. The molecule has 1 fully saturated rings. The van der Waals surface area contributed by atoms with Gasteiger partial charge in [-0.05, 0) is 19.3 Å². The molecule has 1 saturated heterocycles. The molecule has 3 heteroatoms. The van der Waals surface area contributed by atoms with Crippen LogP contribution in [-0.2, 0) is 4.74 Å². The van der Waals surface area contributed by atoms with E-state index in [4.69, 9.17) is 4.74 Å². The maximum Gasteiger partial charge on any atom is 0.407 e. The molecule has 64 valence electrons. The van der Waals surface area contributed by atoms with Crippen LogP contribution >= 0.6 is 0 Å². The van der Waals surface area contributed by atoms with Crippen molar-refractivity contribution in [3.63, 3.8) is 0 Å². The predicted molar refractivity (Wildman–Crippen MR) is 42.3 cm³/mol. The van der Waals surface area contributed by atoms with Gasteiger partial charge in [0, 0.05) is 0 Å². The minimum Gasteiger partial charge on any atom is -0.444 e. The van der Waals surface area contributed by atoms with Crippen LogP contribution in [0.25, 0.3) is 0 Å². The first-order valence-corrected chi connectivity index (χ1v) is 4.12. The van der Waals surface area contributed by atoms with E-state index in [-0.39, 0.29) is 18.2 Å². The summed E-state index contributed by atoms with van der Waals surface area (Å²) in [6, 6.07) is 0.164. The number of carbonyl (C=O) groups is 1. The number of rotatable bonds is 2. The second kappa shape index (κ2) is 3.11. The molecule has 0 spiro atoms. The molecule has 1 heterocycles. The molecule has 0 saturated carbocycles. The van der Waals surface area contributed by atoms with E-state index in [1.165, 1.54) is 0 Å². The fourth-order valence-electron chi connectivity index (χ4n) is 1.37. The minimum atomic E-state index is -0.275. The van der Waals surface area contributed by atoms with E-state index in [1.807, 2.05) is 6.92 Å². The molecule has 0 aliphatic carbocycles. The van der Waals surface area contributed by atoms with Crippen molar-refractivity contribution in [2.24, 2.45) is 5.92 Å². The normalized spacial score (nSPS) is 32.8. The molecule has 1 aliphatic rings. The molecular weight excluding hydrogens is 142 g/mol. The summed E-state index contributed by atoms with van der Waals surface area (Å²) in [4.78, 5) is 10.8. The van der Waals surface area contributed by atoms with Crippen LogP contribution in [0.2, 0.25) is 0 Å². The summed E-state index contributed by atoms with van der Waals surface area (Å²) < 4.78 is 5.08. The Kier molecular flexibility index (Phi) is 2.37. The monoisotopic (exact) mass is 157 g/mol. The molecule has 1 rings (SSSR count). The van der Waals surface area contributed by atoms with Gasteiger partial charge in [0.25, 0.3) is 0 Å². The standard InChI is InChI=1S/C8H15NO2/c1-4-5(2)7-6(3)9-8(10)11-7/h5-7H,4H2,1-3H3,(H,9,10)/t5-,6+,7+/m0/s1. The molecule has 1 N–H and O–H groups in total. The fourth-order valence-corrected chi connectivity index (χ4v) is 1.37. The van der Waals surface area contributed by atoms with Crippen molar-refractivity contribution in [3.8, 4) is 0 Å². The summed E-state index contributed by atoms with van der Waals surface area (Å²) in [5, 5.41) is 2.72. The Morgan fingerprint density at radius 1 is 1.73 bits per heavy atom. The quantitative estimate of drug-likeness (QED) is 0.660. The zero-order chi connectivity index (χ0) is 8.43. The Morgan fingerprint density at radius 2 is 2.36 bits per heavy atom. The van der Waals surface area contributed by atoms with Gasteiger partial charge in [0.1, 0.15) is 6.10 Å². The highest BCUT2D eigenvalue weighted by Gasteiger charge is 2.33. The van der Waals surface area contributed by atoms with Crippen molar-refractivity contribution in [3.05, 3.63) is 0 Å². The number of ether oxygens (including phenoxy) is 1. The van der Waals surface area contributed by atoms with Crippen LogP contribution in [0.3, 0.4) is 0 Å². The minimum absolute atomic E-state index is 0.0625. The molecular formula is C8H15NO2. The number of cyclic esters (lactones) is 1. The van der Waals surface area contributed by atoms with Gasteiger partial charge in [-0.2, -0.15) is 0 Å². The highest BCUT2D eigenvalue weighted by atomic mass is 16.6. The van der Waals surface area contributed by atoms with E-state index in [0.717, 1.165) is 6.42 Å². The van der Waals surface area contributed by atoms with Crippen molar-refractivity contribution in [1.82, 2.24) is 5.32 Å². The van der Waals surface area contributed by atoms with E-state index in [2.05, 4.69) is 19.2 Å². The van der Waals surface area contributed by atoms with Gasteiger partial charge >= 0.3 is 6.09 Å². The lowest BCUT2D eigenvalue weighted by molar-refractivity contribution is 0.0975. The first kappa shape index (κ1) is 8.37. The first-order chi connectivity index (χ1) is 5.15. The smallest absolute Gasteiger partial charge is 0.407 e. The summed E-state index contributed by atoms with van der Waals surface area (Å²) in [5.41, 5.74) is 0. The first-order valence-electron chi connectivity index (χ1n) is 4.12. The summed E-state index contributed by atoms with van der Waals surface area (Å²) in [6.45, 7) is 6.17. The molecule has 3 atom stereocenters. The average molecular weight is 157 g/mol. The molecule has 11 heavy (non-hydrogen) atoms. The van der Waals surface area contributed by atoms with Gasteiger partial charge in [0.2, 0.25) is 0 Å². The van der Waals surface area contributed by atoms with Crippen molar-refractivity contribution in [2.75, 3.05) is 0 Å². The van der Waals surface area contributed by atoms with Crippen LogP contribution < -0.4 is 5.32 Å². The lowest BCUT2D eigenvalue weighted by Gasteiger charge is -2.18. The maximum atomic E-state index is 10.8. The van der Waals surface area contributed by atoms with Gasteiger partial charge in [-0.1, -0.05) is 13.8 Å². The van der Waals surface area contributed by atoms with Crippen molar-refractivity contribution in [2.45, 2.75) is 39.3 Å². The molecule has 0 bridgehead atoms.